The van der Waals surface area contributed by atoms with Crippen LogP contribution in [0.2, 0.25) is 0 Å². The van der Waals surface area contributed by atoms with Crippen LogP contribution in [0.4, 0.5) is 16.2 Å². The lowest BCUT2D eigenvalue weighted by molar-refractivity contribution is 0.0589. The van der Waals surface area contributed by atoms with Gasteiger partial charge in [0.25, 0.3) is 0 Å². The normalized spacial score (nSPS) is 10.8. The highest BCUT2D eigenvalue weighted by molar-refractivity contribution is 5.90. The van der Waals surface area contributed by atoms with Crippen molar-refractivity contribution in [3.63, 3.8) is 0 Å². The Balaban J connectivity index is 2.27. The van der Waals surface area contributed by atoms with Crippen LogP contribution >= 0.6 is 0 Å². The molecular weight excluding hydrogens is 320 g/mol. The Morgan fingerprint density at radius 1 is 0.880 bits per heavy atom. The molecule has 0 aliphatic carbocycles. The third-order valence-electron chi connectivity index (χ3n) is 3.24. The minimum absolute atomic E-state index is 0.506. The molecule has 2 aromatic rings. The molecule has 6 nitrogen and oxygen atoms in total. The molecule has 0 saturated heterocycles. The summed E-state index contributed by atoms with van der Waals surface area (Å²) in [4.78, 5) is 12.6. The molecular formula is C19H24N2O4. The molecule has 0 spiro atoms. The average molecular weight is 344 g/mol. The standard InChI is InChI=1S/C19H24N2O4/c1-19(2,3)25-18(22)21(15-8-12-17(24-5)13-9-15)20-14-6-10-16(23-4)11-7-14/h6-13,20H,1-5H3. The first-order chi connectivity index (χ1) is 11.8. The fourth-order valence-electron chi connectivity index (χ4n) is 2.05. The molecule has 0 atom stereocenters. The van der Waals surface area contributed by atoms with Gasteiger partial charge >= 0.3 is 6.09 Å². The fraction of sp³-hybridized carbons (Fsp3) is 0.316. The number of amides is 1. The fourth-order valence-corrected chi connectivity index (χ4v) is 2.05. The van der Waals surface area contributed by atoms with E-state index in [2.05, 4.69) is 5.43 Å². The third kappa shape index (κ3) is 5.31. The second kappa shape index (κ2) is 7.79. The van der Waals surface area contributed by atoms with Gasteiger partial charge in [0, 0.05) is 0 Å². The number of methoxy groups -OCH3 is 2. The lowest BCUT2D eigenvalue weighted by Gasteiger charge is -2.28. The molecule has 1 amide bonds. The lowest BCUT2D eigenvalue weighted by atomic mass is 10.2. The van der Waals surface area contributed by atoms with Crippen LogP contribution in [0.3, 0.4) is 0 Å². The number of hydrogen-bond acceptors (Lipinski definition) is 5. The van der Waals surface area contributed by atoms with Crippen LogP contribution in [0.25, 0.3) is 0 Å². The van der Waals surface area contributed by atoms with Crippen molar-refractivity contribution in [3.8, 4) is 11.5 Å². The van der Waals surface area contributed by atoms with E-state index in [0.717, 1.165) is 11.4 Å². The number of rotatable bonds is 5. The molecule has 25 heavy (non-hydrogen) atoms. The summed E-state index contributed by atoms with van der Waals surface area (Å²) in [6, 6.07) is 14.4. The molecule has 0 aliphatic rings. The van der Waals surface area contributed by atoms with Crippen LogP contribution in [0.15, 0.2) is 48.5 Å². The van der Waals surface area contributed by atoms with Gasteiger partial charge in [-0.2, -0.15) is 5.01 Å². The van der Waals surface area contributed by atoms with E-state index in [0.29, 0.717) is 11.4 Å². The Hall–Kier alpha value is -2.89. The van der Waals surface area contributed by atoms with Gasteiger partial charge < -0.3 is 14.2 Å². The number of hydrazine groups is 1. The van der Waals surface area contributed by atoms with Gasteiger partial charge in [0.05, 0.1) is 25.6 Å². The highest BCUT2D eigenvalue weighted by Gasteiger charge is 2.24. The number of hydrogen-bond donors (Lipinski definition) is 1. The molecule has 6 heteroatoms. The molecule has 0 fully saturated rings. The van der Waals surface area contributed by atoms with Crippen LogP contribution in [-0.4, -0.2) is 25.9 Å². The number of ether oxygens (including phenoxy) is 3. The number of nitrogens with zero attached hydrogens (tertiary/aromatic N) is 1. The SMILES string of the molecule is COc1ccc(NN(C(=O)OC(C)(C)C)c2ccc(OC)cc2)cc1. The monoisotopic (exact) mass is 344 g/mol. The topological polar surface area (TPSA) is 60.0 Å². The maximum atomic E-state index is 12.6. The molecule has 2 aromatic carbocycles. The summed E-state index contributed by atoms with van der Waals surface area (Å²) in [5, 5.41) is 1.35. The molecule has 0 radical (unpaired) electrons. The zero-order valence-electron chi connectivity index (χ0n) is 15.2. The average Bonchev–Trinajstić information content (AvgIpc) is 2.59. The third-order valence-corrected chi connectivity index (χ3v) is 3.24. The van der Waals surface area contributed by atoms with Gasteiger partial charge in [0.15, 0.2) is 0 Å². The van der Waals surface area contributed by atoms with Crippen molar-refractivity contribution in [1.29, 1.82) is 0 Å². The highest BCUT2D eigenvalue weighted by Crippen LogP contribution is 2.23. The summed E-state index contributed by atoms with van der Waals surface area (Å²) in [6.07, 6.45) is -0.506. The quantitative estimate of drug-likeness (QED) is 0.811. The van der Waals surface area contributed by atoms with Crippen LogP contribution in [0, 0.1) is 0 Å². The molecule has 0 heterocycles. The zero-order chi connectivity index (χ0) is 18.4. The summed E-state index contributed by atoms with van der Waals surface area (Å²) in [5.74, 6) is 1.44. The van der Waals surface area contributed by atoms with E-state index in [9.17, 15) is 4.79 Å². The van der Waals surface area contributed by atoms with Crippen molar-refractivity contribution in [2.45, 2.75) is 26.4 Å². The van der Waals surface area contributed by atoms with E-state index in [1.54, 1.807) is 38.5 Å². The smallest absolute Gasteiger partial charge is 0.433 e. The first-order valence-electron chi connectivity index (χ1n) is 7.90. The number of carbonyl (C=O) groups is 1. The Labute approximate surface area is 148 Å². The van der Waals surface area contributed by atoms with E-state index in [1.165, 1.54) is 5.01 Å². The number of benzene rings is 2. The largest absolute Gasteiger partial charge is 0.497 e. The van der Waals surface area contributed by atoms with Crippen molar-refractivity contribution in [2.75, 3.05) is 24.7 Å². The van der Waals surface area contributed by atoms with Crippen molar-refractivity contribution in [3.05, 3.63) is 48.5 Å². The van der Waals surface area contributed by atoms with Crippen molar-refractivity contribution in [2.24, 2.45) is 0 Å². The summed E-state index contributed by atoms with van der Waals surface area (Å²) >= 11 is 0. The van der Waals surface area contributed by atoms with E-state index in [4.69, 9.17) is 14.2 Å². The van der Waals surface area contributed by atoms with Crippen molar-refractivity contribution in [1.82, 2.24) is 0 Å². The molecule has 2 rings (SSSR count). The number of anilines is 2. The minimum atomic E-state index is -0.608. The van der Waals surface area contributed by atoms with Crippen molar-refractivity contribution >= 4 is 17.5 Å². The van der Waals surface area contributed by atoms with E-state index in [-0.39, 0.29) is 0 Å². The maximum absolute atomic E-state index is 12.6. The van der Waals surface area contributed by atoms with Gasteiger partial charge in [-0.3, -0.25) is 5.43 Å². The second-order valence-electron chi connectivity index (χ2n) is 6.35. The predicted octanol–water partition coefficient (Wildman–Crippen LogP) is 4.47. The van der Waals surface area contributed by atoms with Crippen LogP contribution < -0.4 is 19.9 Å². The second-order valence-corrected chi connectivity index (χ2v) is 6.35. The van der Waals surface area contributed by atoms with Gasteiger partial charge in [0.2, 0.25) is 0 Å². The molecule has 134 valence electrons. The number of nitrogens with one attached hydrogen (secondary N) is 1. The van der Waals surface area contributed by atoms with E-state index in [1.807, 2.05) is 45.0 Å². The molecule has 0 saturated carbocycles. The Morgan fingerprint density at radius 2 is 1.36 bits per heavy atom. The Kier molecular flexibility index (Phi) is 5.75. The summed E-state index contributed by atoms with van der Waals surface area (Å²) in [7, 11) is 3.20. The maximum Gasteiger partial charge on any atom is 0.433 e. The zero-order valence-corrected chi connectivity index (χ0v) is 15.2. The van der Waals surface area contributed by atoms with Gasteiger partial charge in [-0.15, -0.1) is 0 Å². The molecule has 0 bridgehead atoms. The molecule has 0 unspecified atom stereocenters. The van der Waals surface area contributed by atoms with Gasteiger partial charge in [-0.25, -0.2) is 4.79 Å². The Morgan fingerprint density at radius 3 is 1.80 bits per heavy atom. The van der Waals surface area contributed by atoms with E-state index >= 15 is 0 Å². The van der Waals surface area contributed by atoms with Crippen molar-refractivity contribution < 1.29 is 19.0 Å². The highest BCUT2D eigenvalue weighted by atomic mass is 16.6. The number of carbonyl (C=O) groups excluding carboxylic acids is 1. The predicted molar refractivity (Wildman–Crippen MR) is 98.3 cm³/mol. The molecule has 0 aromatic heterocycles. The van der Waals surface area contributed by atoms with Crippen LogP contribution in [0.1, 0.15) is 20.8 Å². The first-order valence-corrected chi connectivity index (χ1v) is 7.90. The minimum Gasteiger partial charge on any atom is -0.497 e. The Bertz CT molecular complexity index is 691. The summed E-state index contributed by atoms with van der Waals surface area (Å²) < 4.78 is 15.8. The van der Waals surface area contributed by atoms with Crippen LogP contribution in [-0.2, 0) is 4.74 Å². The first kappa shape index (κ1) is 18.4. The van der Waals surface area contributed by atoms with Crippen LogP contribution in [0.5, 0.6) is 11.5 Å². The van der Waals surface area contributed by atoms with Gasteiger partial charge in [-0.1, -0.05) is 0 Å². The molecule has 1 N–H and O–H groups in total. The van der Waals surface area contributed by atoms with Gasteiger partial charge in [0.1, 0.15) is 17.1 Å². The molecule has 0 aliphatic heterocycles. The lowest BCUT2D eigenvalue weighted by Crippen LogP contribution is -2.40. The summed E-state index contributed by atoms with van der Waals surface area (Å²) in [5.41, 5.74) is 3.82. The van der Waals surface area contributed by atoms with E-state index < -0.39 is 11.7 Å². The van der Waals surface area contributed by atoms with Gasteiger partial charge in [-0.05, 0) is 69.3 Å². The summed E-state index contributed by atoms with van der Waals surface area (Å²) in [6.45, 7) is 5.47.